The van der Waals surface area contributed by atoms with E-state index in [1.165, 1.54) is 11.1 Å². The molecule has 21 heavy (non-hydrogen) atoms. The molecule has 4 heteroatoms. The first-order valence-electron chi connectivity index (χ1n) is 8.01. The molecule has 2 heterocycles. The van der Waals surface area contributed by atoms with Crippen LogP contribution in [0, 0.1) is 5.92 Å². The maximum atomic E-state index is 12.2. The second kappa shape index (κ2) is 6.58. The van der Waals surface area contributed by atoms with Crippen molar-refractivity contribution < 1.29 is 9.53 Å². The lowest BCUT2D eigenvalue weighted by molar-refractivity contribution is 0.0956. The molecule has 1 amide bonds. The Morgan fingerprint density at radius 3 is 3.14 bits per heavy atom. The summed E-state index contributed by atoms with van der Waals surface area (Å²) in [5, 5.41) is 6.55. The fourth-order valence-corrected chi connectivity index (χ4v) is 3.39. The number of hydrogen-bond donors (Lipinski definition) is 2. The van der Waals surface area contributed by atoms with E-state index in [-0.39, 0.29) is 11.9 Å². The van der Waals surface area contributed by atoms with E-state index in [0.29, 0.717) is 5.92 Å². The normalized spacial score (nSPS) is 23.3. The minimum absolute atomic E-state index is 0.0715. The third-order valence-corrected chi connectivity index (χ3v) is 4.51. The molecular formula is C17H24N2O2. The maximum absolute atomic E-state index is 12.2. The standard InChI is InChI=1S/C17H24N2O2/c1-2-18-16(14-7-9-21-11-14)13-6-5-12-4-3-8-19-17(20)15(12)10-13/h5-6,10,14,16,18H,2-4,7-9,11H2,1H3,(H,19,20). The van der Waals surface area contributed by atoms with Crippen LogP contribution in [0.15, 0.2) is 18.2 Å². The van der Waals surface area contributed by atoms with Gasteiger partial charge < -0.3 is 15.4 Å². The van der Waals surface area contributed by atoms with Crippen molar-refractivity contribution >= 4 is 5.91 Å². The number of benzene rings is 1. The molecule has 2 N–H and O–H groups in total. The summed E-state index contributed by atoms with van der Waals surface area (Å²) >= 11 is 0. The molecule has 2 atom stereocenters. The highest BCUT2D eigenvalue weighted by atomic mass is 16.5. The Morgan fingerprint density at radius 2 is 2.38 bits per heavy atom. The van der Waals surface area contributed by atoms with Gasteiger partial charge in [0.1, 0.15) is 0 Å². The number of rotatable bonds is 4. The van der Waals surface area contributed by atoms with Gasteiger partial charge in [0.15, 0.2) is 0 Å². The highest BCUT2D eigenvalue weighted by Crippen LogP contribution is 2.30. The second-order valence-corrected chi connectivity index (χ2v) is 5.94. The number of nitrogens with one attached hydrogen (secondary N) is 2. The highest BCUT2D eigenvalue weighted by molar-refractivity contribution is 5.96. The lowest BCUT2D eigenvalue weighted by atomic mass is 9.89. The predicted octanol–water partition coefficient (Wildman–Crippen LogP) is 2.05. The molecule has 0 saturated carbocycles. The van der Waals surface area contributed by atoms with E-state index in [9.17, 15) is 4.79 Å². The number of carbonyl (C=O) groups is 1. The summed E-state index contributed by atoms with van der Waals surface area (Å²) in [6, 6.07) is 6.68. The van der Waals surface area contributed by atoms with Crippen molar-refractivity contribution in [2.24, 2.45) is 5.92 Å². The van der Waals surface area contributed by atoms with Gasteiger partial charge in [-0.05, 0) is 43.0 Å². The Morgan fingerprint density at radius 1 is 1.48 bits per heavy atom. The van der Waals surface area contributed by atoms with Gasteiger partial charge in [0.25, 0.3) is 5.91 Å². The second-order valence-electron chi connectivity index (χ2n) is 5.94. The van der Waals surface area contributed by atoms with E-state index in [0.717, 1.165) is 51.1 Å². The summed E-state index contributed by atoms with van der Waals surface area (Å²) in [6.07, 6.45) is 3.08. The number of hydrogen-bond acceptors (Lipinski definition) is 3. The van der Waals surface area contributed by atoms with Crippen LogP contribution in [0.3, 0.4) is 0 Å². The highest BCUT2D eigenvalue weighted by Gasteiger charge is 2.27. The van der Waals surface area contributed by atoms with E-state index >= 15 is 0 Å². The summed E-state index contributed by atoms with van der Waals surface area (Å²) in [4.78, 5) is 12.2. The van der Waals surface area contributed by atoms with E-state index < -0.39 is 0 Å². The zero-order chi connectivity index (χ0) is 14.7. The smallest absolute Gasteiger partial charge is 0.251 e. The van der Waals surface area contributed by atoms with Gasteiger partial charge in [-0.2, -0.15) is 0 Å². The molecule has 114 valence electrons. The molecule has 2 unspecified atom stereocenters. The van der Waals surface area contributed by atoms with Gasteiger partial charge in [0.05, 0.1) is 6.61 Å². The first-order chi connectivity index (χ1) is 10.3. The summed E-state index contributed by atoms with van der Waals surface area (Å²) in [7, 11) is 0. The molecule has 0 aromatic heterocycles. The zero-order valence-electron chi connectivity index (χ0n) is 12.7. The minimum Gasteiger partial charge on any atom is -0.381 e. The quantitative estimate of drug-likeness (QED) is 0.891. The fourth-order valence-electron chi connectivity index (χ4n) is 3.39. The molecule has 0 aliphatic carbocycles. The monoisotopic (exact) mass is 288 g/mol. The first-order valence-corrected chi connectivity index (χ1v) is 8.01. The van der Waals surface area contributed by atoms with Crippen molar-refractivity contribution in [3.05, 3.63) is 34.9 Å². The van der Waals surface area contributed by atoms with Crippen molar-refractivity contribution in [2.75, 3.05) is 26.3 Å². The van der Waals surface area contributed by atoms with Gasteiger partial charge in [-0.25, -0.2) is 0 Å². The molecule has 0 spiro atoms. The largest absolute Gasteiger partial charge is 0.381 e. The van der Waals surface area contributed by atoms with Crippen LogP contribution in [0.2, 0.25) is 0 Å². The lowest BCUT2D eigenvalue weighted by Crippen LogP contribution is -2.29. The molecule has 3 rings (SSSR count). The van der Waals surface area contributed by atoms with Crippen molar-refractivity contribution in [1.82, 2.24) is 10.6 Å². The molecule has 4 nitrogen and oxygen atoms in total. The third kappa shape index (κ3) is 3.11. The van der Waals surface area contributed by atoms with Crippen LogP contribution in [-0.2, 0) is 11.2 Å². The van der Waals surface area contributed by atoms with Crippen molar-refractivity contribution in [3.8, 4) is 0 Å². The average molecular weight is 288 g/mol. The lowest BCUT2D eigenvalue weighted by Gasteiger charge is -2.24. The molecule has 1 fully saturated rings. The van der Waals surface area contributed by atoms with Gasteiger partial charge in [-0.3, -0.25) is 4.79 Å². The Balaban J connectivity index is 1.91. The van der Waals surface area contributed by atoms with Crippen LogP contribution in [0.1, 0.15) is 47.3 Å². The summed E-state index contributed by atoms with van der Waals surface area (Å²) in [5.74, 6) is 0.569. The molecule has 1 aromatic carbocycles. The number of fused-ring (bicyclic) bond motifs is 1. The van der Waals surface area contributed by atoms with Crippen LogP contribution in [0.25, 0.3) is 0 Å². The Hall–Kier alpha value is -1.39. The Bertz CT molecular complexity index is 510. The molecule has 2 aliphatic rings. The van der Waals surface area contributed by atoms with E-state index in [2.05, 4.69) is 35.8 Å². The maximum Gasteiger partial charge on any atom is 0.251 e. The Labute approximate surface area is 126 Å². The summed E-state index contributed by atoms with van der Waals surface area (Å²) in [5.41, 5.74) is 3.24. The molecule has 2 aliphatic heterocycles. The van der Waals surface area contributed by atoms with Crippen molar-refractivity contribution in [3.63, 3.8) is 0 Å². The van der Waals surface area contributed by atoms with Crippen LogP contribution in [-0.4, -0.2) is 32.2 Å². The van der Waals surface area contributed by atoms with Crippen LogP contribution >= 0.6 is 0 Å². The third-order valence-electron chi connectivity index (χ3n) is 4.51. The average Bonchev–Trinajstić information content (AvgIpc) is 2.96. The topological polar surface area (TPSA) is 50.4 Å². The summed E-state index contributed by atoms with van der Waals surface area (Å²) < 4.78 is 5.54. The van der Waals surface area contributed by atoms with E-state index in [1.54, 1.807) is 0 Å². The SMILES string of the molecule is CCNC(c1ccc2c(c1)C(=O)NCCC2)C1CCOC1. The Kier molecular flexibility index (Phi) is 4.56. The van der Waals surface area contributed by atoms with E-state index in [1.807, 2.05) is 0 Å². The van der Waals surface area contributed by atoms with Gasteiger partial charge in [-0.15, -0.1) is 0 Å². The molecule has 0 radical (unpaired) electrons. The fraction of sp³-hybridized carbons (Fsp3) is 0.588. The number of carbonyl (C=O) groups excluding carboxylic acids is 1. The molecule has 1 aromatic rings. The van der Waals surface area contributed by atoms with Crippen LogP contribution < -0.4 is 10.6 Å². The van der Waals surface area contributed by atoms with Crippen LogP contribution in [0.5, 0.6) is 0 Å². The van der Waals surface area contributed by atoms with Gasteiger partial charge in [0.2, 0.25) is 0 Å². The molecule has 1 saturated heterocycles. The minimum atomic E-state index is 0.0715. The predicted molar refractivity (Wildman–Crippen MR) is 82.4 cm³/mol. The van der Waals surface area contributed by atoms with Gasteiger partial charge in [-0.1, -0.05) is 19.1 Å². The number of amides is 1. The van der Waals surface area contributed by atoms with Gasteiger partial charge >= 0.3 is 0 Å². The van der Waals surface area contributed by atoms with Crippen molar-refractivity contribution in [1.29, 1.82) is 0 Å². The number of aryl methyl sites for hydroxylation is 1. The molecule has 0 bridgehead atoms. The van der Waals surface area contributed by atoms with E-state index in [4.69, 9.17) is 4.74 Å². The molecular weight excluding hydrogens is 264 g/mol. The first kappa shape index (κ1) is 14.5. The zero-order valence-corrected chi connectivity index (χ0v) is 12.7. The summed E-state index contributed by atoms with van der Waals surface area (Å²) in [6.45, 7) is 5.47. The van der Waals surface area contributed by atoms with Crippen LogP contribution in [0.4, 0.5) is 0 Å². The number of ether oxygens (including phenoxy) is 1. The van der Waals surface area contributed by atoms with Gasteiger partial charge in [0, 0.05) is 30.7 Å². The van der Waals surface area contributed by atoms with Crippen molar-refractivity contribution in [2.45, 2.75) is 32.2 Å².